The predicted octanol–water partition coefficient (Wildman–Crippen LogP) is 7.43. The second-order valence-corrected chi connectivity index (χ2v) is 9.09. The van der Waals surface area contributed by atoms with E-state index in [0.717, 1.165) is 18.5 Å². The Morgan fingerprint density at radius 1 is 0.929 bits per heavy atom. The average Bonchev–Trinajstić information content (AvgIpc) is 3.34. The van der Waals surface area contributed by atoms with Crippen molar-refractivity contribution in [2.24, 2.45) is 0 Å². The van der Waals surface area contributed by atoms with Crippen LogP contribution in [-0.2, 0) is 18.1 Å². The Kier molecular flexibility index (Phi) is 8.28. The molecule has 4 rings (SSSR count). The molecule has 0 aliphatic carbocycles. The van der Waals surface area contributed by atoms with E-state index in [1.54, 1.807) is 18.2 Å². The lowest BCUT2D eigenvalue weighted by molar-refractivity contribution is -0.253. The van der Waals surface area contributed by atoms with Gasteiger partial charge in [-0.15, -0.1) is 0 Å². The molecule has 4 aromatic rings. The third kappa shape index (κ3) is 6.21. The maximum absolute atomic E-state index is 15.8. The van der Waals surface area contributed by atoms with E-state index in [2.05, 4.69) is 15.0 Å². The molecule has 1 aromatic heterocycles. The molecule has 3 aromatic carbocycles. The number of ether oxygens (including phenoxy) is 1. The molecular formula is C28H19F9N2O3. The number of hydrogen-bond donors (Lipinski definition) is 1. The summed E-state index contributed by atoms with van der Waals surface area (Å²) in [6.45, 7) is 1.38. The predicted molar refractivity (Wildman–Crippen MR) is 129 cm³/mol. The molecule has 14 heteroatoms. The zero-order valence-electron chi connectivity index (χ0n) is 21.3. The van der Waals surface area contributed by atoms with Crippen LogP contribution >= 0.6 is 0 Å². The zero-order chi connectivity index (χ0) is 30.9. The Balaban J connectivity index is 1.99. The van der Waals surface area contributed by atoms with Crippen molar-refractivity contribution in [3.8, 4) is 5.75 Å². The summed E-state index contributed by atoms with van der Waals surface area (Å²) >= 11 is 0. The first-order valence-electron chi connectivity index (χ1n) is 11.9. The van der Waals surface area contributed by atoms with Crippen LogP contribution in [0.4, 0.5) is 39.5 Å². The molecule has 222 valence electrons. The highest BCUT2D eigenvalue weighted by atomic mass is 19.4. The van der Waals surface area contributed by atoms with Crippen LogP contribution in [0.25, 0.3) is 0 Å². The summed E-state index contributed by atoms with van der Waals surface area (Å²) < 4.78 is 133. The summed E-state index contributed by atoms with van der Waals surface area (Å²) in [4.78, 5) is 17.2. The third-order valence-electron chi connectivity index (χ3n) is 6.26. The lowest BCUT2D eigenvalue weighted by Gasteiger charge is -2.37. The second-order valence-electron chi connectivity index (χ2n) is 9.09. The van der Waals surface area contributed by atoms with Crippen molar-refractivity contribution in [1.82, 2.24) is 10.3 Å². The first kappa shape index (κ1) is 30.5. The van der Waals surface area contributed by atoms with Gasteiger partial charge < -0.3 is 14.5 Å². The van der Waals surface area contributed by atoms with Gasteiger partial charge in [-0.05, 0) is 42.3 Å². The van der Waals surface area contributed by atoms with Gasteiger partial charge in [0.05, 0.1) is 16.8 Å². The number of amides is 1. The molecule has 0 saturated carbocycles. The van der Waals surface area contributed by atoms with E-state index in [1.165, 1.54) is 19.1 Å². The van der Waals surface area contributed by atoms with Crippen LogP contribution in [0.5, 0.6) is 5.75 Å². The van der Waals surface area contributed by atoms with Gasteiger partial charge in [0.1, 0.15) is 17.4 Å². The molecule has 1 heterocycles. The van der Waals surface area contributed by atoms with E-state index >= 15 is 4.39 Å². The fraction of sp³-hybridized carbons (Fsp3) is 0.214. The largest absolute Gasteiger partial charge is 0.461 e. The Morgan fingerprint density at radius 2 is 1.62 bits per heavy atom. The number of rotatable bonds is 9. The Morgan fingerprint density at radius 3 is 2.19 bits per heavy atom. The molecule has 0 spiro atoms. The molecule has 1 unspecified atom stereocenters. The van der Waals surface area contributed by atoms with E-state index in [4.69, 9.17) is 4.42 Å². The van der Waals surface area contributed by atoms with Gasteiger partial charge in [0, 0.05) is 18.1 Å². The molecule has 0 bridgehead atoms. The number of aromatic nitrogens is 1. The standard InChI is InChI=1S/C28H19F9N2O3/c1-15-23(41-14-38-15)24(40)39-26(13-16-5-3-2-4-6-16,17-7-10-21(29)20(11-17)27(33,34)35)19-9-8-18(12-22(19)30)42-28(36,37)25(31)32/h2-12,14,25H,13H2,1H3,(H,39,40). The molecule has 0 aliphatic rings. The molecule has 1 atom stereocenters. The summed E-state index contributed by atoms with van der Waals surface area (Å²) in [5.41, 5.74) is -4.68. The maximum Gasteiger partial charge on any atom is 0.461 e. The zero-order valence-corrected chi connectivity index (χ0v) is 21.3. The van der Waals surface area contributed by atoms with Gasteiger partial charge in [0.15, 0.2) is 6.39 Å². The van der Waals surface area contributed by atoms with Crippen LogP contribution in [-0.4, -0.2) is 23.4 Å². The molecule has 0 fully saturated rings. The summed E-state index contributed by atoms with van der Waals surface area (Å²) in [7, 11) is 0. The normalized spacial score (nSPS) is 13.6. The number of hydrogen-bond acceptors (Lipinski definition) is 4. The topological polar surface area (TPSA) is 64.4 Å². The van der Waals surface area contributed by atoms with Gasteiger partial charge in [0.2, 0.25) is 5.76 Å². The van der Waals surface area contributed by atoms with E-state index in [0.29, 0.717) is 29.8 Å². The lowest BCUT2D eigenvalue weighted by atomic mass is 9.77. The summed E-state index contributed by atoms with van der Waals surface area (Å²) in [5.74, 6) is -5.58. The number of alkyl halides is 7. The van der Waals surface area contributed by atoms with Gasteiger partial charge in [0.25, 0.3) is 5.91 Å². The quantitative estimate of drug-likeness (QED) is 0.203. The first-order valence-corrected chi connectivity index (χ1v) is 11.9. The van der Waals surface area contributed by atoms with Crippen LogP contribution in [0.15, 0.2) is 77.5 Å². The minimum atomic E-state index is -5.21. The Labute approximate surface area is 231 Å². The molecular weight excluding hydrogens is 583 g/mol. The lowest BCUT2D eigenvalue weighted by Crippen LogP contribution is -2.49. The monoisotopic (exact) mass is 602 g/mol. The van der Waals surface area contributed by atoms with Crippen LogP contribution in [0.3, 0.4) is 0 Å². The number of halogens is 9. The number of oxazole rings is 1. The van der Waals surface area contributed by atoms with Crippen molar-refractivity contribution in [1.29, 1.82) is 0 Å². The highest BCUT2D eigenvalue weighted by Crippen LogP contribution is 2.41. The Hall–Kier alpha value is -4.49. The number of nitrogens with one attached hydrogen (secondary N) is 1. The highest BCUT2D eigenvalue weighted by molar-refractivity contribution is 5.93. The van der Waals surface area contributed by atoms with Crippen molar-refractivity contribution >= 4 is 5.91 Å². The smallest absolute Gasteiger partial charge is 0.438 e. The first-order chi connectivity index (χ1) is 19.6. The average molecular weight is 602 g/mol. The van der Waals surface area contributed by atoms with Crippen LogP contribution < -0.4 is 10.1 Å². The number of nitrogens with zero attached hydrogens (tertiary/aromatic N) is 1. The minimum absolute atomic E-state index is 0.0645. The van der Waals surface area contributed by atoms with Gasteiger partial charge in [-0.2, -0.15) is 30.7 Å². The number of carbonyl (C=O) groups excluding carboxylic acids is 1. The van der Waals surface area contributed by atoms with Gasteiger partial charge in [-0.1, -0.05) is 36.4 Å². The Bertz CT molecular complexity index is 1570. The van der Waals surface area contributed by atoms with Crippen molar-refractivity contribution in [2.75, 3.05) is 0 Å². The maximum atomic E-state index is 15.8. The van der Waals surface area contributed by atoms with Crippen molar-refractivity contribution in [3.63, 3.8) is 0 Å². The van der Waals surface area contributed by atoms with E-state index in [9.17, 15) is 39.9 Å². The molecule has 0 saturated heterocycles. The SMILES string of the molecule is Cc1ncoc1C(=O)NC(Cc1ccccc1)(c1ccc(F)c(C(F)(F)F)c1)c1ccc(OC(F)(F)C(F)F)cc1F. The molecule has 5 nitrogen and oxygen atoms in total. The summed E-state index contributed by atoms with van der Waals surface area (Å²) in [6, 6.07) is 11.2. The van der Waals surface area contributed by atoms with Crippen molar-refractivity contribution < 1.29 is 53.5 Å². The molecule has 1 amide bonds. The molecule has 0 radical (unpaired) electrons. The number of benzene rings is 3. The van der Waals surface area contributed by atoms with Crippen LogP contribution in [0.1, 0.15) is 38.5 Å². The summed E-state index contributed by atoms with van der Waals surface area (Å²) in [6.07, 6.45) is -14.0. The van der Waals surface area contributed by atoms with Gasteiger partial charge >= 0.3 is 18.7 Å². The van der Waals surface area contributed by atoms with Gasteiger partial charge in [-0.3, -0.25) is 4.79 Å². The molecule has 1 N–H and O–H groups in total. The van der Waals surface area contributed by atoms with Crippen molar-refractivity contribution in [3.05, 3.63) is 118 Å². The van der Waals surface area contributed by atoms with Crippen LogP contribution in [0, 0.1) is 18.6 Å². The van der Waals surface area contributed by atoms with E-state index in [1.807, 2.05) is 0 Å². The third-order valence-corrected chi connectivity index (χ3v) is 6.26. The fourth-order valence-corrected chi connectivity index (χ4v) is 4.32. The molecule has 0 aliphatic heterocycles. The number of aryl methyl sites for hydroxylation is 1. The summed E-state index contributed by atoms with van der Waals surface area (Å²) in [5, 5.41) is 2.47. The minimum Gasteiger partial charge on any atom is -0.438 e. The number of carbonyl (C=O) groups is 1. The fourth-order valence-electron chi connectivity index (χ4n) is 4.32. The highest BCUT2D eigenvalue weighted by Gasteiger charge is 2.45. The second kappa shape index (κ2) is 11.4. The van der Waals surface area contributed by atoms with Crippen molar-refractivity contribution in [2.45, 2.75) is 37.6 Å². The van der Waals surface area contributed by atoms with E-state index in [-0.39, 0.29) is 11.5 Å². The van der Waals surface area contributed by atoms with E-state index < -0.39 is 70.7 Å². The molecule has 42 heavy (non-hydrogen) atoms. The van der Waals surface area contributed by atoms with Crippen LogP contribution in [0.2, 0.25) is 0 Å². The van der Waals surface area contributed by atoms with Gasteiger partial charge in [-0.25, -0.2) is 13.8 Å².